The third-order valence-electron chi connectivity index (χ3n) is 2.85. The summed E-state index contributed by atoms with van der Waals surface area (Å²) >= 11 is 0. The predicted octanol–water partition coefficient (Wildman–Crippen LogP) is 2.50. The van der Waals surface area contributed by atoms with Crippen LogP contribution in [0.1, 0.15) is 24.0 Å². The van der Waals surface area contributed by atoms with Crippen LogP contribution in [0.15, 0.2) is 30.3 Å². The Bertz CT molecular complexity index is 487. The maximum Gasteiger partial charge on any atom is 0.416 e. The van der Waals surface area contributed by atoms with E-state index in [1.165, 1.54) is 18.2 Å². The number of alkyl halides is 3. The second-order valence-electron chi connectivity index (χ2n) is 4.28. The average molecular weight is 270 g/mol. The summed E-state index contributed by atoms with van der Waals surface area (Å²) < 4.78 is 38.3. The quantitative estimate of drug-likeness (QED) is 0.867. The SMILES string of the molecule is O=C1CCC(/C=C/c2ccccc2C(F)(F)F)NN1. The molecule has 1 saturated heterocycles. The van der Waals surface area contributed by atoms with Crippen LogP contribution >= 0.6 is 0 Å². The van der Waals surface area contributed by atoms with Crippen LogP contribution in [0.5, 0.6) is 0 Å². The summed E-state index contributed by atoms with van der Waals surface area (Å²) in [5.41, 5.74) is 4.64. The van der Waals surface area contributed by atoms with Crippen molar-refractivity contribution >= 4 is 12.0 Å². The Hall–Kier alpha value is -1.82. The number of carbonyl (C=O) groups is 1. The third kappa shape index (κ3) is 3.57. The van der Waals surface area contributed by atoms with Gasteiger partial charge in [-0.3, -0.25) is 10.2 Å². The highest BCUT2D eigenvalue weighted by molar-refractivity contribution is 5.76. The van der Waals surface area contributed by atoms with Gasteiger partial charge in [0.25, 0.3) is 0 Å². The van der Waals surface area contributed by atoms with E-state index in [1.807, 2.05) is 0 Å². The lowest BCUT2D eigenvalue weighted by atomic mass is 10.0. The van der Waals surface area contributed by atoms with E-state index in [9.17, 15) is 18.0 Å². The van der Waals surface area contributed by atoms with Gasteiger partial charge < -0.3 is 0 Å². The van der Waals surface area contributed by atoms with Crippen LogP contribution < -0.4 is 10.9 Å². The number of benzene rings is 1. The Morgan fingerprint density at radius 3 is 2.63 bits per heavy atom. The molecule has 0 bridgehead atoms. The van der Waals surface area contributed by atoms with E-state index in [0.29, 0.717) is 12.8 Å². The van der Waals surface area contributed by atoms with Crippen molar-refractivity contribution in [3.05, 3.63) is 41.5 Å². The van der Waals surface area contributed by atoms with Crippen molar-refractivity contribution < 1.29 is 18.0 Å². The molecule has 102 valence electrons. The van der Waals surface area contributed by atoms with Gasteiger partial charge in [-0.25, -0.2) is 5.43 Å². The first-order valence-electron chi connectivity index (χ1n) is 5.85. The zero-order chi connectivity index (χ0) is 13.9. The number of carbonyl (C=O) groups excluding carboxylic acids is 1. The van der Waals surface area contributed by atoms with Crippen LogP contribution in [-0.4, -0.2) is 11.9 Å². The van der Waals surface area contributed by atoms with E-state index in [2.05, 4.69) is 10.9 Å². The van der Waals surface area contributed by atoms with Gasteiger partial charge in [0.05, 0.1) is 5.56 Å². The molecule has 1 atom stereocenters. The molecule has 1 aromatic rings. The van der Waals surface area contributed by atoms with Crippen LogP contribution in [0.3, 0.4) is 0 Å². The smallest absolute Gasteiger partial charge is 0.291 e. The molecule has 19 heavy (non-hydrogen) atoms. The largest absolute Gasteiger partial charge is 0.416 e. The van der Waals surface area contributed by atoms with Gasteiger partial charge in [-0.2, -0.15) is 13.2 Å². The number of amides is 1. The van der Waals surface area contributed by atoms with Crippen molar-refractivity contribution in [2.24, 2.45) is 0 Å². The van der Waals surface area contributed by atoms with Gasteiger partial charge in [0.15, 0.2) is 0 Å². The van der Waals surface area contributed by atoms with Crippen LogP contribution in [0.4, 0.5) is 13.2 Å². The zero-order valence-electron chi connectivity index (χ0n) is 10.00. The van der Waals surface area contributed by atoms with Crippen LogP contribution in [-0.2, 0) is 11.0 Å². The predicted molar refractivity (Wildman–Crippen MR) is 64.8 cm³/mol. The fraction of sp³-hybridized carbons (Fsp3) is 0.308. The van der Waals surface area contributed by atoms with Gasteiger partial charge in [0.1, 0.15) is 0 Å². The Morgan fingerprint density at radius 2 is 2.00 bits per heavy atom. The summed E-state index contributed by atoms with van der Waals surface area (Å²) in [7, 11) is 0. The molecule has 3 nitrogen and oxygen atoms in total. The fourth-order valence-electron chi connectivity index (χ4n) is 1.86. The van der Waals surface area contributed by atoms with Crippen LogP contribution in [0.25, 0.3) is 6.08 Å². The maximum absolute atomic E-state index is 12.8. The molecule has 6 heteroatoms. The molecule has 1 fully saturated rings. The molecule has 1 aliphatic heterocycles. The van der Waals surface area contributed by atoms with Crippen molar-refractivity contribution in [1.29, 1.82) is 0 Å². The van der Waals surface area contributed by atoms with Gasteiger partial charge in [-0.1, -0.05) is 30.4 Å². The lowest BCUT2D eigenvalue weighted by Crippen LogP contribution is -2.48. The Labute approximate surface area is 108 Å². The molecule has 1 aromatic carbocycles. The third-order valence-corrected chi connectivity index (χ3v) is 2.85. The highest BCUT2D eigenvalue weighted by atomic mass is 19.4. The molecule has 1 amide bonds. The number of nitrogens with one attached hydrogen (secondary N) is 2. The van der Waals surface area contributed by atoms with Gasteiger partial charge >= 0.3 is 6.18 Å². The maximum atomic E-state index is 12.8. The lowest BCUT2D eigenvalue weighted by molar-refractivity contribution is -0.137. The topological polar surface area (TPSA) is 41.1 Å². The van der Waals surface area contributed by atoms with Gasteiger partial charge in [-0.15, -0.1) is 0 Å². The van der Waals surface area contributed by atoms with Gasteiger partial charge in [0.2, 0.25) is 5.91 Å². The first-order valence-corrected chi connectivity index (χ1v) is 5.85. The van der Waals surface area contributed by atoms with Crippen molar-refractivity contribution in [2.45, 2.75) is 25.1 Å². The molecule has 2 rings (SSSR count). The number of halogens is 3. The first kappa shape index (κ1) is 13.6. The van der Waals surface area contributed by atoms with Crippen molar-refractivity contribution in [2.75, 3.05) is 0 Å². The fourth-order valence-corrected chi connectivity index (χ4v) is 1.86. The second-order valence-corrected chi connectivity index (χ2v) is 4.28. The van der Waals surface area contributed by atoms with Gasteiger partial charge in [0, 0.05) is 12.5 Å². The number of hydrogen-bond donors (Lipinski definition) is 2. The minimum atomic E-state index is -4.37. The minimum absolute atomic E-state index is 0.111. The molecule has 0 aromatic heterocycles. The van der Waals surface area contributed by atoms with E-state index >= 15 is 0 Å². The summed E-state index contributed by atoms with van der Waals surface area (Å²) in [4.78, 5) is 10.9. The second kappa shape index (κ2) is 5.44. The summed E-state index contributed by atoms with van der Waals surface area (Å²) in [6.45, 7) is 0. The molecule has 0 radical (unpaired) electrons. The highest BCUT2D eigenvalue weighted by Gasteiger charge is 2.32. The molecular formula is C13H13F3N2O. The Morgan fingerprint density at radius 1 is 1.26 bits per heavy atom. The van der Waals surface area contributed by atoms with E-state index in [-0.39, 0.29) is 17.5 Å². The standard InChI is InChI=1S/C13H13F3N2O/c14-13(15,16)11-4-2-1-3-9(11)5-6-10-7-8-12(19)18-17-10/h1-6,10,17H,7-8H2,(H,18,19)/b6-5+. The van der Waals surface area contributed by atoms with E-state index < -0.39 is 11.7 Å². The van der Waals surface area contributed by atoms with E-state index in [0.717, 1.165) is 6.07 Å². The number of rotatable bonds is 2. The zero-order valence-corrected chi connectivity index (χ0v) is 10.00. The molecule has 2 N–H and O–H groups in total. The van der Waals surface area contributed by atoms with E-state index in [1.54, 1.807) is 12.1 Å². The van der Waals surface area contributed by atoms with Crippen molar-refractivity contribution in [3.63, 3.8) is 0 Å². The summed E-state index contributed by atoms with van der Waals surface area (Å²) in [5.74, 6) is -0.111. The van der Waals surface area contributed by atoms with Crippen molar-refractivity contribution in [3.8, 4) is 0 Å². The molecule has 0 saturated carbocycles. The number of hydrazine groups is 1. The summed E-state index contributed by atoms with van der Waals surface area (Å²) in [6.07, 6.45) is -0.378. The van der Waals surface area contributed by atoms with Gasteiger partial charge in [-0.05, 0) is 18.1 Å². The van der Waals surface area contributed by atoms with E-state index in [4.69, 9.17) is 0 Å². The summed E-state index contributed by atoms with van der Waals surface area (Å²) in [5, 5.41) is 0. The monoisotopic (exact) mass is 270 g/mol. The number of hydrogen-bond acceptors (Lipinski definition) is 2. The minimum Gasteiger partial charge on any atom is -0.291 e. The first-order chi connectivity index (χ1) is 8.97. The summed E-state index contributed by atoms with van der Waals surface area (Å²) in [6, 6.07) is 5.24. The molecular weight excluding hydrogens is 257 g/mol. The van der Waals surface area contributed by atoms with Crippen molar-refractivity contribution in [1.82, 2.24) is 10.9 Å². The van der Waals surface area contributed by atoms with Crippen LogP contribution in [0.2, 0.25) is 0 Å². The van der Waals surface area contributed by atoms with Crippen LogP contribution in [0, 0.1) is 0 Å². The average Bonchev–Trinajstić information content (AvgIpc) is 2.37. The molecule has 1 aliphatic rings. The Balaban J connectivity index is 2.13. The molecule has 0 spiro atoms. The highest BCUT2D eigenvalue weighted by Crippen LogP contribution is 2.32. The molecule has 1 heterocycles. The molecule has 0 aliphatic carbocycles. The lowest BCUT2D eigenvalue weighted by Gasteiger charge is -2.21. The Kier molecular flexibility index (Phi) is 3.90. The normalized spacial score (nSPS) is 20.6. The molecule has 1 unspecified atom stereocenters.